The third-order valence-electron chi connectivity index (χ3n) is 1.74. The van der Waals surface area contributed by atoms with Gasteiger partial charge in [0.25, 0.3) is 5.69 Å². The summed E-state index contributed by atoms with van der Waals surface area (Å²) in [5.41, 5.74) is 0.476. The normalized spacial score (nSPS) is 9.25. The molecular formula is C10H11N3O3. The number of benzene rings is 1. The van der Waals surface area contributed by atoms with Crippen LogP contribution < -0.4 is 10.6 Å². The number of nitro benzene ring substituents is 1. The Morgan fingerprint density at radius 3 is 2.56 bits per heavy atom. The number of amides is 2. The Bertz CT molecular complexity index is 400. The molecule has 1 aromatic carbocycles. The summed E-state index contributed by atoms with van der Waals surface area (Å²) in [5.74, 6) is 0. The molecule has 2 amide bonds. The van der Waals surface area contributed by atoms with Gasteiger partial charge in [-0.05, 0) is 12.1 Å². The van der Waals surface area contributed by atoms with Crippen LogP contribution in [-0.4, -0.2) is 17.5 Å². The third-order valence-corrected chi connectivity index (χ3v) is 1.74. The average Bonchev–Trinajstić information content (AvgIpc) is 2.27. The maximum atomic E-state index is 11.2. The van der Waals surface area contributed by atoms with Crippen LogP contribution in [0.5, 0.6) is 0 Å². The Labute approximate surface area is 92.1 Å². The second kappa shape index (κ2) is 5.50. The fraction of sp³-hybridized carbons (Fsp3) is 0.100. The Morgan fingerprint density at radius 2 is 2.06 bits per heavy atom. The maximum absolute atomic E-state index is 11.2. The number of hydrogen-bond acceptors (Lipinski definition) is 3. The molecular weight excluding hydrogens is 210 g/mol. The van der Waals surface area contributed by atoms with Crippen molar-refractivity contribution in [3.8, 4) is 0 Å². The summed E-state index contributed by atoms with van der Waals surface area (Å²) in [6, 6.07) is 5.19. The maximum Gasteiger partial charge on any atom is 0.319 e. The van der Waals surface area contributed by atoms with Gasteiger partial charge in [0.2, 0.25) is 0 Å². The van der Waals surface area contributed by atoms with E-state index in [4.69, 9.17) is 0 Å². The molecule has 0 radical (unpaired) electrons. The molecule has 0 aromatic heterocycles. The molecule has 0 aliphatic rings. The van der Waals surface area contributed by atoms with Crippen molar-refractivity contribution in [1.82, 2.24) is 5.32 Å². The molecule has 0 spiro atoms. The summed E-state index contributed by atoms with van der Waals surface area (Å²) in [7, 11) is 0. The molecule has 6 nitrogen and oxygen atoms in total. The summed E-state index contributed by atoms with van der Waals surface area (Å²) < 4.78 is 0. The number of carbonyl (C=O) groups is 1. The zero-order valence-corrected chi connectivity index (χ0v) is 8.47. The molecule has 0 saturated heterocycles. The van der Waals surface area contributed by atoms with Gasteiger partial charge < -0.3 is 10.6 Å². The summed E-state index contributed by atoms with van der Waals surface area (Å²) in [5, 5.41) is 15.4. The van der Waals surface area contributed by atoms with Crippen molar-refractivity contribution in [2.45, 2.75) is 0 Å². The van der Waals surface area contributed by atoms with Gasteiger partial charge in [0.1, 0.15) is 0 Å². The van der Waals surface area contributed by atoms with Crippen molar-refractivity contribution < 1.29 is 9.72 Å². The molecule has 0 aliphatic heterocycles. The van der Waals surface area contributed by atoms with E-state index in [0.717, 1.165) is 0 Å². The molecule has 0 aliphatic carbocycles. The Hall–Kier alpha value is -2.37. The first-order valence-electron chi connectivity index (χ1n) is 4.53. The van der Waals surface area contributed by atoms with Crippen LogP contribution >= 0.6 is 0 Å². The molecule has 0 atom stereocenters. The van der Waals surface area contributed by atoms with E-state index in [-0.39, 0.29) is 11.7 Å². The minimum Gasteiger partial charge on any atom is -0.334 e. The standard InChI is InChI=1S/C10H11N3O3/c1-2-7-11-10(14)12-8-3-5-9(6-4-8)13(15)16/h2-6H,1,7H2,(H2,11,12,14). The van der Waals surface area contributed by atoms with E-state index in [1.54, 1.807) is 6.08 Å². The lowest BCUT2D eigenvalue weighted by molar-refractivity contribution is -0.384. The van der Waals surface area contributed by atoms with Crippen LogP contribution in [0.4, 0.5) is 16.2 Å². The van der Waals surface area contributed by atoms with Crippen molar-refractivity contribution in [2.24, 2.45) is 0 Å². The molecule has 0 saturated carbocycles. The first-order chi connectivity index (χ1) is 7.63. The molecule has 0 unspecified atom stereocenters. The first-order valence-corrected chi connectivity index (χ1v) is 4.53. The zero-order valence-electron chi connectivity index (χ0n) is 8.47. The molecule has 2 N–H and O–H groups in total. The zero-order chi connectivity index (χ0) is 12.0. The molecule has 16 heavy (non-hydrogen) atoms. The van der Waals surface area contributed by atoms with Crippen molar-refractivity contribution in [2.75, 3.05) is 11.9 Å². The topological polar surface area (TPSA) is 84.3 Å². The van der Waals surface area contributed by atoms with E-state index in [1.165, 1.54) is 24.3 Å². The van der Waals surface area contributed by atoms with Gasteiger partial charge in [0.15, 0.2) is 0 Å². The van der Waals surface area contributed by atoms with E-state index in [2.05, 4.69) is 17.2 Å². The predicted molar refractivity (Wildman–Crippen MR) is 60.3 cm³/mol. The second-order valence-electron chi connectivity index (χ2n) is 2.93. The number of nitrogens with zero attached hydrogens (tertiary/aromatic N) is 1. The Balaban J connectivity index is 2.58. The lowest BCUT2D eigenvalue weighted by atomic mass is 10.3. The van der Waals surface area contributed by atoms with Crippen LogP contribution in [0.25, 0.3) is 0 Å². The number of urea groups is 1. The summed E-state index contributed by atoms with van der Waals surface area (Å²) in [6.45, 7) is 3.81. The predicted octanol–water partition coefficient (Wildman–Crippen LogP) is 1.90. The van der Waals surface area contributed by atoms with Crippen LogP contribution in [0.3, 0.4) is 0 Å². The van der Waals surface area contributed by atoms with Gasteiger partial charge in [-0.25, -0.2) is 4.79 Å². The van der Waals surface area contributed by atoms with E-state index < -0.39 is 4.92 Å². The van der Waals surface area contributed by atoms with E-state index in [1.807, 2.05) is 0 Å². The molecule has 0 bridgehead atoms. The smallest absolute Gasteiger partial charge is 0.319 e. The molecule has 1 rings (SSSR count). The number of hydrogen-bond donors (Lipinski definition) is 2. The SMILES string of the molecule is C=CCNC(=O)Nc1ccc([N+](=O)[O-])cc1. The lowest BCUT2D eigenvalue weighted by Crippen LogP contribution is -2.28. The van der Waals surface area contributed by atoms with Gasteiger partial charge in [0.05, 0.1) is 4.92 Å². The monoisotopic (exact) mass is 221 g/mol. The van der Waals surface area contributed by atoms with Crippen molar-refractivity contribution in [3.63, 3.8) is 0 Å². The van der Waals surface area contributed by atoms with Crippen LogP contribution in [-0.2, 0) is 0 Å². The van der Waals surface area contributed by atoms with Gasteiger partial charge in [-0.3, -0.25) is 10.1 Å². The van der Waals surface area contributed by atoms with Gasteiger partial charge in [-0.2, -0.15) is 0 Å². The van der Waals surface area contributed by atoms with Crippen LogP contribution in [0.1, 0.15) is 0 Å². The second-order valence-corrected chi connectivity index (χ2v) is 2.93. The minimum absolute atomic E-state index is 0.0166. The third kappa shape index (κ3) is 3.41. The first kappa shape index (κ1) is 11.7. The van der Waals surface area contributed by atoms with Gasteiger partial charge in [-0.15, -0.1) is 6.58 Å². The quantitative estimate of drug-likeness (QED) is 0.462. The number of nitrogens with one attached hydrogen (secondary N) is 2. The largest absolute Gasteiger partial charge is 0.334 e. The van der Waals surface area contributed by atoms with E-state index in [9.17, 15) is 14.9 Å². The molecule has 84 valence electrons. The fourth-order valence-electron chi connectivity index (χ4n) is 1.01. The number of rotatable bonds is 4. The van der Waals surface area contributed by atoms with Crippen LogP contribution in [0.15, 0.2) is 36.9 Å². The highest BCUT2D eigenvalue weighted by Gasteiger charge is 2.05. The Morgan fingerprint density at radius 1 is 1.44 bits per heavy atom. The van der Waals surface area contributed by atoms with Gasteiger partial charge in [0, 0.05) is 24.4 Å². The number of nitro groups is 1. The summed E-state index contributed by atoms with van der Waals surface area (Å²) in [4.78, 5) is 21.1. The summed E-state index contributed by atoms with van der Waals surface area (Å²) >= 11 is 0. The Kier molecular flexibility index (Phi) is 4.02. The van der Waals surface area contributed by atoms with Crippen molar-refractivity contribution >= 4 is 17.4 Å². The number of non-ortho nitro benzene ring substituents is 1. The molecule has 0 fully saturated rings. The molecule has 1 aromatic rings. The minimum atomic E-state index is -0.498. The number of carbonyl (C=O) groups excluding carboxylic acids is 1. The molecule has 0 heterocycles. The van der Waals surface area contributed by atoms with Crippen LogP contribution in [0.2, 0.25) is 0 Å². The highest BCUT2D eigenvalue weighted by Crippen LogP contribution is 2.14. The summed E-state index contributed by atoms with van der Waals surface area (Å²) in [6.07, 6.45) is 1.55. The van der Waals surface area contributed by atoms with Crippen molar-refractivity contribution in [3.05, 3.63) is 47.0 Å². The van der Waals surface area contributed by atoms with Crippen LogP contribution in [0, 0.1) is 10.1 Å². The highest BCUT2D eigenvalue weighted by molar-refractivity contribution is 5.89. The van der Waals surface area contributed by atoms with Crippen molar-refractivity contribution in [1.29, 1.82) is 0 Å². The van der Waals surface area contributed by atoms with Gasteiger partial charge >= 0.3 is 6.03 Å². The van der Waals surface area contributed by atoms with Gasteiger partial charge in [-0.1, -0.05) is 6.08 Å². The average molecular weight is 221 g/mol. The highest BCUT2D eigenvalue weighted by atomic mass is 16.6. The number of anilines is 1. The molecule has 6 heteroatoms. The van der Waals surface area contributed by atoms with E-state index in [0.29, 0.717) is 12.2 Å². The lowest BCUT2D eigenvalue weighted by Gasteiger charge is -2.04. The fourth-order valence-corrected chi connectivity index (χ4v) is 1.01. The van der Waals surface area contributed by atoms with E-state index >= 15 is 0 Å².